The fourth-order valence-electron chi connectivity index (χ4n) is 2.55. The van der Waals surface area contributed by atoms with Crippen LogP contribution in [0.5, 0.6) is 5.75 Å². The van der Waals surface area contributed by atoms with Crippen molar-refractivity contribution in [2.75, 3.05) is 19.0 Å². The minimum Gasteiger partial charge on any atom is -0.496 e. The number of hydrogen-bond acceptors (Lipinski definition) is 4. The standard InChI is InChI=1S/C22H25NO4/c1-6-13-27-21(25)15-7-10-17(11-8-15)23-20(24)16-9-12-19(26-5)18(14-16)22(2,3)4/h6-12,14H,1,13H2,2-5H3,(H,23,24). The Bertz CT molecular complexity index is 832. The summed E-state index contributed by atoms with van der Waals surface area (Å²) in [7, 11) is 1.62. The molecule has 2 rings (SSSR count). The molecule has 2 aromatic carbocycles. The first-order chi connectivity index (χ1) is 12.8. The van der Waals surface area contributed by atoms with Crippen molar-refractivity contribution in [3.8, 4) is 5.75 Å². The second-order valence-corrected chi connectivity index (χ2v) is 7.08. The van der Waals surface area contributed by atoms with Crippen LogP contribution in [0.3, 0.4) is 0 Å². The molecule has 0 aliphatic carbocycles. The number of ether oxygens (including phenoxy) is 2. The van der Waals surface area contributed by atoms with Crippen molar-refractivity contribution in [2.24, 2.45) is 0 Å². The third kappa shape index (κ3) is 5.20. The molecule has 0 spiro atoms. The molecular formula is C22H25NO4. The summed E-state index contributed by atoms with van der Waals surface area (Å²) >= 11 is 0. The molecule has 0 atom stereocenters. The van der Waals surface area contributed by atoms with Crippen LogP contribution in [0.4, 0.5) is 5.69 Å². The Hall–Kier alpha value is -3.08. The minimum absolute atomic E-state index is 0.158. The summed E-state index contributed by atoms with van der Waals surface area (Å²) < 4.78 is 10.4. The predicted molar refractivity (Wildman–Crippen MR) is 107 cm³/mol. The zero-order valence-electron chi connectivity index (χ0n) is 16.2. The smallest absolute Gasteiger partial charge is 0.338 e. The van der Waals surface area contributed by atoms with E-state index >= 15 is 0 Å². The predicted octanol–water partition coefficient (Wildman–Crippen LogP) is 4.59. The summed E-state index contributed by atoms with van der Waals surface area (Å²) in [4.78, 5) is 24.4. The monoisotopic (exact) mass is 367 g/mol. The Balaban J connectivity index is 2.15. The van der Waals surface area contributed by atoms with E-state index in [1.165, 1.54) is 6.08 Å². The van der Waals surface area contributed by atoms with Crippen LogP contribution in [-0.2, 0) is 10.2 Å². The lowest BCUT2D eigenvalue weighted by molar-refractivity contribution is 0.0549. The summed E-state index contributed by atoms with van der Waals surface area (Å²) in [6.07, 6.45) is 1.51. The molecule has 0 heterocycles. The largest absolute Gasteiger partial charge is 0.496 e. The van der Waals surface area contributed by atoms with Crippen molar-refractivity contribution < 1.29 is 19.1 Å². The number of carbonyl (C=O) groups excluding carboxylic acids is 2. The highest BCUT2D eigenvalue weighted by molar-refractivity contribution is 6.04. The molecule has 1 amide bonds. The molecule has 0 unspecified atom stereocenters. The zero-order valence-corrected chi connectivity index (χ0v) is 16.2. The van der Waals surface area contributed by atoms with E-state index in [9.17, 15) is 9.59 Å². The number of anilines is 1. The van der Waals surface area contributed by atoms with Crippen molar-refractivity contribution in [1.29, 1.82) is 0 Å². The fourth-order valence-corrected chi connectivity index (χ4v) is 2.55. The maximum absolute atomic E-state index is 12.6. The molecule has 0 fully saturated rings. The van der Waals surface area contributed by atoms with Gasteiger partial charge in [-0.15, -0.1) is 0 Å². The minimum atomic E-state index is -0.433. The molecule has 0 aliphatic heterocycles. The van der Waals surface area contributed by atoms with E-state index in [2.05, 4.69) is 32.7 Å². The first-order valence-electron chi connectivity index (χ1n) is 8.64. The number of nitrogens with one attached hydrogen (secondary N) is 1. The number of hydrogen-bond donors (Lipinski definition) is 1. The van der Waals surface area contributed by atoms with Crippen LogP contribution in [0.2, 0.25) is 0 Å². The highest BCUT2D eigenvalue weighted by atomic mass is 16.5. The first-order valence-corrected chi connectivity index (χ1v) is 8.64. The van der Waals surface area contributed by atoms with Crippen LogP contribution >= 0.6 is 0 Å². The van der Waals surface area contributed by atoms with Gasteiger partial charge in [-0.2, -0.15) is 0 Å². The third-order valence-electron chi connectivity index (χ3n) is 3.98. The van der Waals surface area contributed by atoms with Crippen LogP contribution in [0.1, 0.15) is 47.1 Å². The van der Waals surface area contributed by atoms with Gasteiger partial charge in [0.25, 0.3) is 5.91 Å². The Morgan fingerprint density at radius 3 is 2.26 bits per heavy atom. The summed E-state index contributed by atoms with van der Waals surface area (Å²) in [6.45, 7) is 9.86. The number of carbonyl (C=O) groups is 2. The third-order valence-corrected chi connectivity index (χ3v) is 3.98. The average Bonchev–Trinajstić information content (AvgIpc) is 2.65. The first kappa shape index (κ1) is 20.2. The molecule has 1 N–H and O–H groups in total. The summed E-state index contributed by atoms with van der Waals surface area (Å²) in [5, 5.41) is 2.84. The van der Waals surface area contributed by atoms with Gasteiger partial charge in [-0.3, -0.25) is 4.79 Å². The summed E-state index contributed by atoms with van der Waals surface area (Å²) in [5.74, 6) is 0.0873. The highest BCUT2D eigenvalue weighted by Gasteiger charge is 2.21. The number of benzene rings is 2. The van der Waals surface area contributed by atoms with Crippen LogP contribution < -0.4 is 10.1 Å². The normalized spacial score (nSPS) is 10.8. The van der Waals surface area contributed by atoms with E-state index in [-0.39, 0.29) is 17.9 Å². The van der Waals surface area contributed by atoms with E-state index in [0.717, 1.165) is 11.3 Å². The molecule has 0 aliphatic rings. The average molecular weight is 367 g/mol. The molecule has 0 saturated carbocycles. The van der Waals surface area contributed by atoms with Gasteiger partial charge in [0, 0.05) is 16.8 Å². The van der Waals surface area contributed by atoms with E-state index in [0.29, 0.717) is 16.8 Å². The van der Waals surface area contributed by atoms with Crippen LogP contribution in [0, 0.1) is 0 Å². The Labute approximate surface area is 160 Å². The van der Waals surface area contributed by atoms with Gasteiger partial charge in [-0.25, -0.2) is 4.79 Å². The second kappa shape index (κ2) is 8.54. The molecular weight excluding hydrogens is 342 g/mol. The number of esters is 1. The van der Waals surface area contributed by atoms with Gasteiger partial charge in [0.05, 0.1) is 12.7 Å². The topological polar surface area (TPSA) is 64.6 Å². The van der Waals surface area contributed by atoms with Gasteiger partial charge in [0.2, 0.25) is 0 Å². The lowest BCUT2D eigenvalue weighted by atomic mass is 9.85. The van der Waals surface area contributed by atoms with Crippen LogP contribution in [-0.4, -0.2) is 25.6 Å². The van der Waals surface area contributed by atoms with E-state index in [1.54, 1.807) is 43.5 Å². The van der Waals surface area contributed by atoms with E-state index in [1.807, 2.05) is 6.07 Å². The number of methoxy groups -OCH3 is 1. The lowest BCUT2D eigenvalue weighted by Gasteiger charge is -2.22. The van der Waals surface area contributed by atoms with Crippen LogP contribution in [0.25, 0.3) is 0 Å². The van der Waals surface area contributed by atoms with Crippen LogP contribution in [0.15, 0.2) is 55.1 Å². The van der Waals surface area contributed by atoms with Gasteiger partial charge in [0.1, 0.15) is 12.4 Å². The second-order valence-electron chi connectivity index (χ2n) is 7.08. The van der Waals surface area contributed by atoms with E-state index in [4.69, 9.17) is 9.47 Å². The molecule has 0 saturated heterocycles. The maximum Gasteiger partial charge on any atom is 0.338 e. The Morgan fingerprint density at radius 1 is 1.07 bits per heavy atom. The van der Waals surface area contributed by atoms with Gasteiger partial charge in [-0.05, 0) is 47.9 Å². The lowest BCUT2D eigenvalue weighted by Crippen LogP contribution is -2.17. The molecule has 0 radical (unpaired) electrons. The fraction of sp³-hybridized carbons (Fsp3) is 0.273. The van der Waals surface area contributed by atoms with Crippen molar-refractivity contribution in [3.05, 3.63) is 71.8 Å². The van der Waals surface area contributed by atoms with E-state index < -0.39 is 5.97 Å². The summed E-state index contributed by atoms with van der Waals surface area (Å²) in [5.41, 5.74) is 2.34. The van der Waals surface area contributed by atoms with Gasteiger partial charge < -0.3 is 14.8 Å². The molecule has 27 heavy (non-hydrogen) atoms. The Morgan fingerprint density at radius 2 is 1.70 bits per heavy atom. The zero-order chi connectivity index (χ0) is 20.0. The van der Waals surface area contributed by atoms with Crippen molar-refractivity contribution in [3.63, 3.8) is 0 Å². The molecule has 142 valence electrons. The molecule has 5 nitrogen and oxygen atoms in total. The van der Waals surface area contributed by atoms with Gasteiger partial charge >= 0.3 is 5.97 Å². The quantitative estimate of drug-likeness (QED) is 0.599. The summed E-state index contributed by atoms with van der Waals surface area (Å²) in [6, 6.07) is 11.9. The Kier molecular flexibility index (Phi) is 6.40. The van der Waals surface area contributed by atoms with Crippen molar-refractivity contribution >= 4 is 17.6 Å². The van der Waals surface area contributed by atoms with Gasteiger partial charge in [0.15, 0.2) is 0 Å². The molecule has 2 aromatic rings. The molecule has 0 bridgehead atoms. The van der Waals surface area contributed by atoms with Crippen molar-refractivity contribution in [1.82, 2.24) is 0 Å². The van der Waals surface area contributed by atoms with Crippen molar-refractivity contribution in [2.45, 2.75) is 26.2 Å². The van der Waals surface area contributed by atoms with Gasteiger partial charge in [-0.1, -0.05) is 33.4 Å². The molecule has 5 heteroatoms. The number of amides is 1. The maximum atomic E-state index is 12.6. The molecule has 0 aromatic heterocycles. The number of rotatable bonds is 6. The SMILES string of the molecule is C=CCOC(=O)c1ccc(NC(=O)c2ccc(OC)c(C(C)(C)C)c2)cc1. The highest BCUT2D eigenvalue weighted by Crippen LogP contribution is 2.32.